The van der Waals surface area contributed by atoms with Crippen LogP contribution in [-0.4, -0.2) is 25.2 Å². The number of carbonyl (C=O) groups is 2. The fraction of sp³-hybridized carbons (Fsp3) is 0.889. The minimum absolute atomic E-state index is 0.132. The van der Waals surface area contributed by atoms with Gasteiger partial charge in [-0.05, 0) is 25.0 Å². The summed E-state index contributed by atoms with van der Waals surface area (Å²) in [5.41, 5.74) is 0. The molecule has 0 aliphatic heterocycles. The topological polar surface area (TPSA) is 52.6 Å². The third kappa shape index (κ3) is 32.9. The number of ether oxygens (including phenoxy) is 2. The maximum atomic E-state index is 11.8. The maximum Gasteiger partial charge on any atom is 0.306 e. The van der Waals surface area contributed by atoms with Gasteiger partial charge in [0.05, 0.1) is 0 Å². The van der Waals surface area contributed by atoms with Gasteiger partial charge in [0.1, 0.15) is 13.2 Å². The van der Waals surface area contributed by atoms with E-state index in [0.29, 0.717) is 12.8 Å². The van der Waals surface area contributed by atoms with Crippen LogP contribution in [0.4, 0.5) is 0 Å². The van der Waals surface area contributed by atoms with Crippen molar-refractivity contribution in [2.75, 3.05) is 13.2 Å². The molecule has 0 rings (SSSR count). The molecule has 0 amide bonds. The maximum absolute atomic E-state index is 11.8. The van der Waals surface area contributed by atoms with Gasteiger partial charge < -0.3 is 9.47 Å². The van der Waals surface area contributed by atoms with Crippen LogP contribution in [0.3, 0.4) is 0 Å². The Labute approximate surface area is 249 Å². The predicted molar refractivity (Wildman–Crippen MR) is 172 cm³/mol. The molecule has 0 radical (unpaired) electrons. The number of unbranched alkanes of at least 4 members (excludes halogenated alkanes) is 24. The van der Waals surface area contributed by atoms with Crippen molar-refractivity contribution >= 4 is 11.9 Å². The molecule has 0 aromatic rings. The zero-order valence-electron chi connectivity index (χ0n) is 27.0. The summed E-state index contributed by atoms with van der Waals surface area (Å²) < 4.78 is 10.5. The second kappa shape index (κ2) is 33.9. The normalized spacial score (nSPS) is 11.3. The van der Waals surface area contributed by atoms with E-state index in [1.165, 1.54) is 141 Å². The van der Waals surface area contributed by atoms with Crippen LogP contribution in [0.15, 0.2) is 12.2 Å². The molecule has 0 aliphatic carbocycles. The van der Waals surface area contributed by atoms with Crippen LogP contribution in [0.25, 0.3) is 0 Å². The van der Waals surface area contributed by atoms with E-state index in [9.17, 15) is 9.59 Å². The fourth-order valence-electron chi connectivity index (χ4n) is 5.14. The first-order chi connectivity index (χ1) is 19.7. The highest BCUT2D eigenvalue weighted by atomic mass is 16.5. The van der Waals surface area contributed by atoms with Crippen LogP contribution in [0, 0.1) is 0 Å². The van der Waals surface area contributed by atoms with Crippen molar-refractivity contribution in [3.05, 3.63) is 12.2 Å². The molecule has 4 nitrogen and oxygen atoms in total. The summed E-state index contributed by atoms with van der Waals surface area (Å²) in [7, 11) is 0. The van der Waals surface area contributed by atoms with Gasteiger partial charge in [0, 0.05) is 12.8 Å². The standard InChI is InChI=1S/C36H68O4/c1-3-5-7-9-11-13-15-17-19-21-23-25-27-31-35(37)39-33-29-30-34-40-36(38)32-28-26-24-22-20-18-16-14-12-10-8-6-4-2/h29-30H,3-28,31-34H2,1-2H3. The highest BCUT2D eigenvalue weighted by Gasteiger charge is 2.03. The van der Waals surface area contributed by atoms with E-state index in [0.717, 1.165) is 25.7 Å². The molecule has 0 bridgehead atoms. The molecule has 0 spiro atoms. The number of carbonyl (C=O) groups excluding carboxylic acids is 2. The third-order valence-corrected chi connectivity index (χ3v) is 7.82. The number of hydrogen-bond acceptors (Lipinski definition) is 4. The summed E-state index contributed by atoms with van der Waals surface area (Å²) in [6, 6.07) is 0. The van der Waals surface area contributed by atoms with Crippen molar-refractivity contribution in [1.29, 1.82) is 0 Å². The summed E-state index contributed by atoms with van der Waals surface area (Å²) >= 11 is 0. The van der Waals surface area contributed by atoms with Crippen LogP contribution in [0.2, 0.25) is 0 Å². The van der Waals surface area contributed by atoms with E-state index in [-0.39, 0.29) is 25.2 Å². The van der Waals surface area contributed by atoms with Crippen molar-refractivity contribution in [3.63, 3.8) is 0 Å². The monoisotopic (exact) mass is 565 g/mol. The molecule has 0 N–H and O–H groups in total. The molecule has 40 heavy (non-hydrogen) atoms. The second-order valence-electron chi connectivity index (χ2n) is 11.8. The Kier molecular flexibility index (Phi) is 32.8. The Morgan fingerprint density at radius 2 is 0.600 bits per heavy atom. The average Bonchev–Trinajstić information content (AvgIpc) is 2.95. The van der Waals surface area contributed by atoms with Gasteiger partial charge in [-0.25, -0.2) is 0 Å². The lowest BCUT2D eigenvalue weighted by Crippen LogP contribution is -2.05. The van der Waals surface area contributed by atoms with E-state index >= 15 is 0 Å². The third-order valence-electron chi connectivity index (χ3n) is 7.82. The summed E-state index contributed by atoms with van der Waals surface area (Å²) in [4.78, 5) is 23.7. The molecule has 0 saturated heterocycles. The predicted octanol–water partition coefficient (Wildman–Crippen LogP) is 11.6. The first-order valence-corrected chi connectivity index (χ1v) is 17.7. The molecule has 0 saturated carbocycles. The first-order valence-electron chi connectivity index (χ1n) is 17.7. The summed E-state index contributed by atoms with van der Waals surface area (Å²) in [5.74, 6) is -0.265. The molecular formula is C36H68O4. The second-order valence-corrected chi connectivity index (χ2v) is 11.8. The Morgan fingerprint density at radius 1 is 0.375 bits per heavy atom. The molecule has 4 heteroatoms. The number of hydrogen-bond donors (Lipinski definition) is 0. The van der Waals surface area contributed by atoms with Crippen LogP contribution in [0.5, 0.6) is 0 Å². The van der Waals surface area contributed by atoms with Crippen LogP contribution in [0.1, 0.15) is 194 Å². The SMILES string of the molecule is CCCCCCCCCCCCCCCC(=O)OCC=CCOC(=O)CCCCCCCCCCCCCCC. The lowest BCUT2D eigenvalue weighted by Gasteiger charge is -2.04. The minimum atomic E-state index is -0.132. The van der Waals surface area contributed by atoms with Gasteiger partial charge in [-0.15, -0.1) is 0 Å². The van der Waals surface area contributed by atoms with Gasteiger partial charge in [0.25, 0.3) is 0 Å². The van der Waals surface area contributed by atoms with Crippen molar-refractivity contribution in [3.8, 4) is 0 Å². The van der Waals surface area contributed by atoms with Crippen LogP contribution >= 0.6 is 0 Å². The summed E-state index contributed by atoms with van der Waals surface area (Å²) in [5, 5.41) is 0. The Hall–Kier alpha value is -1.32. The van der Waals surface area contributed by atoms with E-state index in [4.69, 9.17) is 9.47 Å². The molecule has 0 aliphatic rings. The average molecular weight is 565 g/mol. The van der Waals surface area contributed by atoms with Crippen molar-refractivity contribution in [2.24, 2.45) is 0 Å². The van der Waals surface area contributed by atoms with E-state index in [1.54, 1.807) is 12.2 Å². The first kappa shape index (κ1) is 38.7. The van der Waals surface area contributed by atoms with Gasteiger partial charge in [-0.1, -0.05) is 168 Å². The van der Waals surface area contributed by atoms with E-state index in [2.05, 4.69) is 13.8 Å². The fourth-order valence-corrected chi connectivity index (χ4v) is 5.14. The van der Waals surface area contributed by atoms with E-state index in [1.807, 2.05) is 0 Å². The van der Waals surface area contributed by atoms with Crippen molar-refractivity contribution in [2.45, 2.75) is 194 Å². The Morgan fingerprint density at radius 3 is 0.850 bits per heavy atom. The highest BCUT2D eigenvalue weighted by molar-refractivity contribution is 5.69. The van der Waals surface area contributed by atoms with Gasteiger partial charge in [0.2, 0.25) is 0 Å². The van der Waals surface area contributed by atoms with Crippen LogP contribution < -0.4 is 0 Å². The number of rotatable bonds is 32. The Bertz CT molecular complexity index is 509. The lowest BCUT2D eigenvalue weighted by atomic mass is 10.0. The molecule has 0 aromatic heterocycles. The van der Waals surface area contributed by atoms with Gasteiger partial charge in [-0.3, -0.25) is 9.59 Å². The van der Waals surface area contributed by atoms with Gasteiger partial charge >= 0.3 is 11.9 Å². The van der Waals surface area contributed by atoms with Gasteiger partial charge in [-0.2, -0.15) is 0 Å². The number of esters is 2. The Balaban J connectivity index is 3.33. The summed E-state index contributed by atoms with van der Waals surface area (Å²) in [6.07, 6.45) is 38.4. The molecule has 236 valence electrons. The highest BCUT2D eigenvalue weighted by Crippen LogP contribution is 2.14. The smallest absolute Gasteiger partial charge is 0.306 e. The van der Waals surface area contributed by atoms with E-state index < -0.39 is 0 Å². The quantitative estimate of drug-likeness (QED) is 0.0463. The molecule has 0 heterocycles. The van der Waals surface area contributed by atoms with Gasteiger partial charge in [0.15, 0.2) is 0 Å². The zero-order valence-corrected chi connectivity index (χ0v) is 27.0. The molecule has 0 unspecified atom stereocenters. The zero-order chi connectivity index (χ0) is 29.2. The van der Waals surface area contributed by atoms with Crippen molar-refractivity contribution in [1.82, 2.24) is 0 Å². The minimum Gasteiger partial charge on any atom is -0.461 e. The molecule has 0 fully saturated rings. The molecular weight excluding hydrogens is 496 g/mol. The van der Waals surface area contributed by atoms with Crippen LogP contribution in [-0.2, 0) is 19.1 Å². The largest absolute Gasteiger partial charge is 0.461 e. The molecule has 0 aromatic carbocycles. The van der Waals surface area contributed by atoms with Crippen molar-refractivity contribution < 1.29 is 19.1 Å². The molecule has 0 atom stereocenters. The lowest BCUT2D eigenvalue weighted by molar-refractivity contribution is -0.143. The summed E-state index contributed by atoms with van der Waals surface area (Å²) in [6.45, 7) is 5.05.